The first-order chi connectivity index (χ1) is 11.7. The number of nitrogens with one attached hydrogen (secondary N) is 2. The molecule has 3 aliphatic rings. The molecule has 0 spiro atoms. The fourth-order valence-corrected chi connectivity index (χ4v) is 3.79. The van der Waals surface area contributed by atoms with E-state index in [0.717, 1.165) is 25.6 Å². The van der Waals surface area contributed by atoms with Crippen LogP contribution in [0.25, 0.3) is 0 Å². The maximum atomic E-state index is 4.40. The van der Waals surface area contributed by atoms with E-state index in [0.29, 0.717) is 12.1 Å². The molecule has 0 aromatic rings. The van der Waals surface area contributed by atoms with Crippen molar-refractivity contribution in [1.29, 1.82) is 0 Å². The minimum atomic E-state index is 0. The number of hydrogen-bond acceptors (Lipinski definition) is 4. The molecule has 7 heteroatoms. The van der Waals surface area contributed by atoms with Crippen LogP contribution in [0, 0.1) is 0 Å². The second-order valence-corrected chi connectivity index (χ2v) is 7.16. The summed E-state index contributed by atoms with van der Waals surface area (Å²) in [6.45, 7) is 17.3. The van der Waals surface area contributed by atoms with Crippen LogP contribution in [0.2, 0.25) is 0 Å². The topological polar surface area (TPSA) is 46.1 Å². The van der Waals surface area contributed by atoms with E-state index in [1.54, 1.807) is 0 Å². The van der Waals surface area contributed by atoms with E-state index in [9.17, 15) is 0 Å². The average molecular weight is 466 g/mol. The summed E-state index contributed by atoms with van der Waals surface area (Å²) >= 11 is 0. The predicted molar refractivity (Wildman–Crippen MR) is 118 cm³/mol. The van der Waals surface area contributed by atoms with Gasteiger partial charge in [-0.1, -0.05) is 13.8 Å². The maximum Gasteiger partial charge on any atom is 0.191 e. The average Bonchev–Trinajstić information content (AvgIpc) is 2.63. The first kappa shape index (κ1) is 22.9. The van der Waals surface area contributed by atoms with Gasteiger partial charge in [-0.3, -0.25) is 14.8 Å². The van der Waals surface area contributed by atoms with Gasteiger partial charge >= 0.3 is 0 Å². The Balaban J connectivity index is 0.00000312. The lowest BCUT2D eigenvalue weighted by molar-refractivity contribution is 0.0154. The number of piperazine rings is 3. The van der Waals surface area contributed by atoms with Gasteiger partial charge in [0.25, 0.3) is 0 Å². The zero-order valence-corrected chi connectivity index (χ0v) is 19.0. The lowest BCUT2D eigenvalue weighted by atomic mass is 10.1. The maximum absolute atomic E-state index is 4.40. The molecular weight excluding hydrogens is 427 g/mol. The minimum absolute atomic E-state index is 0. The molecule has 3 heterocycles. The normalized spacial score (nSPS) is 27.1. The Morgan fingerprint density at radius 3 is 2.40 bits per heavy atom. The van der Waals surface area contributed by atoms with E-state index >= 15 is 0 Å². The molecule has 0 aromatic heterocycles. The first-order valence-electron chi connectivity index (χ1n) is 9.82. The molecule has 6 nitrogen and oxygen atoms in total. The van der Waals surface area contributed by atoms with Crippen LogP contribution >= 0.6 is 24.0 Å². The van der Waals surface area contributed by atoms with Crippen molar-refractivity contribution in [1.82, 2.24) is 25.3 Å². The minimum Gasteiger partial charge on any atom is -0.355 e. The summed E-state index contributed by atoms with van der Waals surface area (Å²) in [6, 6.07) is 1.09. The van der Waals surface area contributed by atoms with Crippen molar-refractivity contribution in [2.24, 2.45) is 4.99 Å². The SMILES string of the molecule is CCN(CC)CCCC(C)NC(=NC)NCC1CN2CCN1CC2.I. The number of rotatable bonds is 9. The van der Waals surface area contributed by atoms with Crippen molar-refractivity contribution < 1.29 is 0 Å². The second kappa shape index (κ2) is 12.3. The van der Waals surface area contributed by atoms with Gasteiger partial charge in [-0.2, -0.15) is 0 Å². The zero-order chi connectivity index (χ0) is 17.4. The van der Waals surface area contributed by atoms with Crippen molar-refractivity contribution in [3.8, 4) is 0 Å². The molecule has 3 aliphatic heterocycles. The molecule has 0 saturated carbocycles. The Labute approximate surface area is 171 Å². The monoisotopic (exact) mass is 466 g/mol. The van der Waals surface area contributed by atoms with Crippen molar-refractivity contribution in [3.63, 3.8) is 0 Å². The molecular formula is C18H39IN6. The molecule has 0 aliphatic carbocycles. The highest BCUT2D eigenvalue weighted by Gasteiger charge is 2.31. The van der Waals surface area contributed by atoms with Crippen LogP contribution in [-0.2, 0) is 0 Å². The quantitative estimate of drug-likeness (QED) is 0.305. The van der Waals surface area contributed by atoms with E-state index in [2.05, 4.69) is 51.1 Å². The standard InChI is InChI=1S/C18H38N6.HI/c1-5-22(6-2)9-7-8-16(3)21-18(19-4)20-14-17-15-23-10-12-24(17)13-11-23;/h16-17H,5-15H2,1-4H3,(H2,19,20,21);1H. The molecule has 3 fully saturated rings. The molecule has 3 rings (SSSR count). The second-order valence-electron chi connectivity index (χ2n) is 7.16. The number of aliphatic imine (C=N–C) groups is 1. The number of fused-ring (bicyclic) bond motifs is 3. The molecule has 3 saturated heterocycles. The summed E-state index contributed by atoms with van der Waals surface area (Å²) in [5.41, 5.74) is 0. The van der Waals surface area contributed by atoms with Crippen LogP contribution in [0.4, 0.5) is 0 Å². The van der Waals surface area contributed by atoms with Gasteiger partial charge in [0.1, 0.15) is 0 Å². The summed E-state index contributed by atoms with van der Waals surface area (Å²) in [4.78, 5) is 12.1. The number of halogens is 1. The highest BCUT2D eigenvalue weighted by atomic mass is 127. The third kappa shape index (κ3) is 7.56. The molecule has 0 radical (unpaired) electrons. The predicted octanol–water partition coefficient (Wildman–Crippen LogP) is 1.28. The Bertz CT molecular complexity index is 380. The third-order valence-corrected chi connectivity index (χ3v) is 5.51. The summed E-state index contributed by atoms with van der Waals surface area (Å²) in [5, 5.41) is 7.08. The summed E-state index contributed by atoms with van der Waals surface area (Å²) in [6.07, 6.45) is 2.42. The van der Waals surface area contributed by atoms with Crippen molar-refractivity contribution in [2.75, 3.05) is 66.0 Å². The number of nitrogens with zero attached hydrogens (tertiary/aromatic N) is 4. The van der Waals surface area contributed by atoms with Gasteiger partial charge in [0.2, 0.25) is 0 Å². The van der Waals surface area contributed by atoms with Crippen molar-refractivity contribution >= 4 is 29.9 Å². The van der Waals surface area contributed by atoms with Crippen LogP contribution in [0.1, 0.15) is 33.6 Å². The van der Waals surface area contributed by atoms with E-state index in [4.69, 9.17) is 0 Å². The van der Waals surface area contributed by atoms with Gasteiger partial charge in [-0.15, -0.1) is 24.0 Å². The van der Waals surface area contributed by atoms with Crippen molar-refractivity contribution in [3.05, 3.63) is 0 Å². The van der Waals surface area contributed by atoms with Crippen LogP contribution in [0.15, 0.2) is 4.99 Å². The molecule has 2 atom stereocenters. The highest BCUT2D eigenvalue weighted by Crippen LogP contribution is 2.14. The Kier molecular flexibility index (Phi) is 11.3. The molecule has 2 bridgehead atoms. The Morgan fingerprint density at radius 2 is 1.88 bits per heavy atom. The fourth-order valence-electron chi connectivity index (χ4n) is 3.79. The molecule has 2 unspecified atom stereocenters. The summed E-state index contributed by atoms with van der Waals surface area (Å²) in [7, 11) is 1.87. The van der Waals surface area contributed by atoms with Crippen LogP contribution in [-0.4, -0.2) is 98.7 Å². The van der Waals surface area contributed by atoms with Gasteiger partial charge in [-0.05, 0) is 39.4 Å². The van der Waals surface area contributed by atoms with Crippen LogP contribution in [0.3, 0.4) is 0 Å². The zero-order valence-electron chi connectivity index (χ0n) is 16.6. The van der Waals surface area contributed by atoms with Gasteiger partial charge in [0.05, 0.1) is 0 Å². The van der Waals surface area contributed by atoms with Gasteiger partial charge < -0.3 is 15.5 Å². The summed E-state index contributed by atoms with van der Waals surface area (Å²) in [5.74, 6) is 0.947. The van der Waals surface area contributed by atoms with E-state index < -0.39 is 0 Å². The molecule has 0 aromatic carbocycles. The fraction of sp³-hybridized carbons (Fsp3) is 0.944. The van der Waals surface area contributed by atoms with Gasteiger partial charge in [0.15, 0.2) is 5.96 Å². The largest absolute Gasteiger partial charge is 0.355 e. The van der Waals surface area contributed by atoms with E-state index in [1.165, 1.54) is 52.1 Å². The van der Waals surface area contributed by atoms with Crippen molar-refractivity contribution in [2.45, 2.75) is 45.7 Å². The highest BCUT2D eigenvalue weighted by molar-refractivity contribution is 14.0. The van der Waals surface area contributed by atoms with Gasteiger partial charge in [0, 0.05) is 58.4 Å². The van der Waals surface area contributed by atoms with E-state index in [1.807, 2.05) is 7.05 Å². The molecule has 148 valence electrons. The smallest absolute Gasteiger partial charge is 0.191 e. The number of guanidine groups is 1. The Hall–Kier alpha value is -0.120. The Morgan fingerprint density at radius 1 is 1.20 bits per heavy atom. The lowest BCUT2D eigenvalue weighted by Crippen LogP contribution is -2.64. The lowest BCUT2D eigenvalue weighted by Gasteiger charge is -2.47. The number of hydrogen-bond donors (Lipinski definition) is 2. The third-order valence-electron chi connectivity index (χ3n) is 5.51. The van der Waals surface area contributed by atoms with Crippen LogP contribution in [0.5, 0.6) is 0 Å². The molecule has 25 heavy (non-hydrogen) atoms. The molecule has 0 amide bonds. The van der Waals surface area contributed by atoms with Crippen LogP contribution < -0.4 is 10.6 Å². The van der Waals surface area contributed by atoms with E-state index in [-0.39, 0.29) is 24.0 Å². The summed E-state index contributed by atoms with van der Waals surface area (Å²) < 4.78 is 0. The first-order valence-corrected chi connectivity index (χ1v) is 9.82. The molecule has 2 N–H and O–H groups in total. The van der Waals surface area contributed by atoms with Gasteiger partial charge in [-0.25, -0.2) is 0 Å².